The normalized spacial score (nSPS) is 15.2. The van der Waals surface area contributed by atoms with E-state index in [-0.39, 0.29) is 11.5 Å². The van der Waals surface area contributed by atoms with Crippen molar-refractivity contribution in [2.24, 2.45) is 0 Å². The van der Waals surface area contributed by atoms with Gasteiger partial charge in [-0.15, -0.1) is 0 Å². The number of likely N-dealkylation sites (tertiary alicyclic amines) is 1. The minimum Gasteiger partial charge on any atom is -0.376 e. The molecule has 1 heterocycles. The third kappa shape index (κ3) is 4.35. The van der Waals surface area contributed by atoms with Crippen molar-refractivity contribution >= 4 is 11.6 Å². The standard InChI is InChI=1S/C19H25N3O/c1-3-15-9-8-10-16(4-2)18(15)21-19(23)17(13-20)14-22-11-6-5-7-12-22/h8-10,14H,3-7,11-12H2,1-2H3,(H,21,23)/b17-14-. The average molecular weight is 311 g/mol. The summed E-state index contributed by atoms with van der Waals surface area (Å²) in [4.78, 5) is 14.6. The molecule has 4 heteroatoms. The second-order valence-electron chi connectivity index (χ2n) is 5.86. The van der Waals surface area contributed by atoms with Crippen molar-refractivity contribution in [2.45, 2.75) is 46.0 Å². The van der Waals surface area contributed by atoms with E-state index in [2.05, 4.69) is 30.1 Å². The molecule has 0 unspecified atom stereocenters. The number of hydrogen-bond acceptors (Lipinski definition) is 3. The van der Waals surface area contributed by atoms with Crippen molar-refractivity contribution in [1.82, 2.24) is 4.90 Å². The van der Waals surface area contributed by atoms with Gasteiger partial charge in [0.05, 0.1) is 0 Å². The van der Waals surface area contributed by atoms with Crippen LogP contribution in [0.15, 0.2) is 30.0 Å². The summed E-state index contributed by atoms with van der Waals surface area (Å²) in [5.41, 5.74) is 3.25. The van der Waals surface area contributed by atoms with E-state index < -0.39 is 0 Å². The van der Waals surface area contributed by atoms with Gasteiger partial charge in [-0.25, -0.2) is 0 Å². The van der Waals surface area contributed by atoms with Gasteiger partial charge in [-0.05, 0) is 43.2 Å². The van der Waals surface area contributed by atoms with E-state index >= 15 is 0 Å². The minimum atomic E-state index is -0.311. The number of nitrogens with one attached hydrogen (secondary N) is 1. The Morgan fingerprint density at radius 2 is 1.83 bits per heavy atom. The van der Waals surface area contributed by atoms with Gasteiger partial charge in [0.2, 0.25) is 0 Å². The topological polar surface area (TPSA) is 56.1 Å². The molecule has 0 saturated carbocycles. The molecule has 4 nitrogen and oxygen atoms in total. The first-order valence-corrected chi connectivity index (χ1v) is 8.47. The smallest absolute Gasteiger partial charge is 0.267 e. The predicted molar refractivity (Wildman–Crippen MR) is 92.9 cm³/mol. The number of amides is 1. The summed E-state index contributed by atoms with van der Waals surface area (Å²) in [6.45, 7) is 5.98. The number of hydrogen-bond donors (Lipinski definition) is 1. The number of nitriles is 1. The van der Waals surface area contributed by atoms with Crippen LogP contribution in [-0.4, -0.2) is 23.9 Å². The van der Waals surface area contributed by atoms with Crippen LogP contribution >= 0.6 is 0 Å². The van der Waals surface area contributed by atoms with Gasteiger partial charge in [0.15, 0.2) is 0 Å². The fourth-order valence-corrected chi connectivity index (χ4v) is 2.95. The minimum absolute atomic E-state index is 0.180. The first-order chi connectivity index (χ1) is 11.2. The molecule has 0 atom stereocenters. The Bertz CT molecular complexity index is 600. The molecule has 1 aromatic carbocycles. The van der Waals surface area contributed by atoms with E-state index in [4.69, 9.17) is 0 Å². The molecule has 0 radical (unpaired) electrons. The van der Waals surface area contributed by atoms with Gasteiger partial charge in [-0.1, -0.05) is 32.0 Å². The third-order valence-corrected chi connectivity index (χ3v) is 4.30. The van der Waals surface area contributed by atoms with E-state index in [0.29, 0.717) is 0 Å². The SMILES string of the molecule is CCc1cccc(CC)c1NC(=O)/C(C#N)=C\N1CCCCC1. The zero-order chi connectivity index (χ0) is 16.7. The number of para-hydroxylation sites is 1. The number of anilines is 1. The number of carbonyl (C=O) groups excluding carboxylic acids is 1. The van der Waals surface area contributed by atoms with Crippen molar-refractivity contribution in [3.8, 4) is 6.07 Å². The molecule has 1 saturated heterocycles. The van der Waals surface area contributed by atoms with E-state index in [1.165, 1.54) is 6.42 Å². The molecule has 23 heavy (non-hydrogen) atoms. The monoisotopic (exact) mass is 311 g/mol. The highest BCUT2D eigenvalue weighted by Gasteiger charge is 2.16. The van der Waals surface area contributed by atoms with Gasteiger partial charge in [0, 0.05) is 25.0 Å². The highest BCUT2D eigenvalue weighted by molar-refractivity contribution is 6.07. The Morgan fingerprint density at radius 3 is 2.35 bits per heavy atom. The quantitative estimate of drug-likeness (QED) is 0.667. The molecular formula is C19H25N3O. The van der Waals surface area contributed by atoms with Crippen molar-refractivity contribution in [1.29, 1.82) is 5.26 Å². The number of benzene rings is 1. The van der Waals surface area contributed by atoms with Crippen LogP contribution in [0, 0.1) is 11.3 Å². The number of rotatable bonds is 5. The number of carbonyl (C=O) groups is 1. The van der Waals surface area contributed by atoms with Crippen molar-refractivity contribution in [3.63, 3.8) is 0 Å². The summed E-state index contributed by atoms with van der Waals surface area (Å²) in [6.07, 6.45) is 6.88. The van der Waals surface area contributed by atoms with Crippen molar-refractivity contribution in [3.05, 3.63) is 41.1 Å². The second-order valence-corrected chi connectivity index (χ2v) is 5.86. The largest absolute Gasteiger partial charge is 0.376 e. The highest BCUT2D eigenvalue weighted by atomic mass is 16.1. The Labute approximate surface area is 138 Å². The van der Waals surface area contributed by atoms with E-state index in [0.717, 1.165) is 55.6 Å². The van der Waals surface area contributed by atoms with Gasteiger partial charge in [0.25, 0.3) is 5.91 Å². The zero-order valence-corrected chi connectivity index (χ0v) is 14.1. The summed E-state index contributed by atoms with van der Waals surface area (Å²) < 4.78 is 0. The highest BCUT2D eigenvalue weighted by Crippen LogP contribution is 2.23. The Morgan fingerprint density at radius 1 is 1.22 bits per heavy atom. The second kappa shape index (κ2) is 8.38. The summed E-state index contributed by atoms with van der Waals surface area (Å²) in [5, 5.41) is 12.3. The number of nitrogens with zero attached hydrogens (tertiary/aromatic N) is 2. The maximum absolute atomic E-state index is 12.5. The van der Waals surface area contributed by atoms with Crippen LogP contribution in [-0.2, 0) is 17.6 Å². The molecule has 0 aromatic heterocycles. The van der Waals surface area contributed by atoms with Gasteiger partial charge in [0.1, 0.15) is 11.6 Å². The van der Waals surface area contributed by atoms with Crippen LogP contribution in [0.2, 0.25) is 0 Å². The Kier molecular flexibility index (Phi) is 6.22. The Balaban J connectivity index is 2.20. The van der Waals surface area contributed by atoms with Crippen LogP contribution in [0.5, 0.6) is 0 Å². The Hall–Kier alpha value is -2.28. The lowest BCUT2D eigenvalue weighted by Gasteiger charge is -2.25. The summed E-state index contributed by atoms with van der Waals surface area (Å²) in [7, 11) is 0. The van der Waals surface area contributed by atoms with Crippen molar-refractivity contribution < 1.29 is 4.79 Å². The van der Waals surface area contributed by atoms with Crippen LogP contribution < -0.4 is 5.32 Å². The molecule has 1 aliphatic rings. The molecule has 1 aromatic rings. The van der Waals surface area contributed by atoms with E-state index in [9.17, 15) is 10.1 Å². The van der Waals surface area contributed by atoms with E-state index in [1.807, 2.05) is 18.2 Å². The van der Waals surface area contributed by atoms with Crippen molar-refractivity contribution in [2.75, 3.05) is 18.4 Å². The average Bonchev–Trinajstić information content (AvgIpc) is 2.60. The fraction of sp³-hybridized carbons (Fsp3) is 0.474. The van der Waals surface area contributed by atoms with Gasteiger partial charge < -0.3 is 10.2 Å². The molecule has 1 aliphatic heterocycles. The molecular weight excluding hydrogens is 286 g/mol. The van der Waals surface area contributed by atoms with Gasteiger partial charge in [-0.2, -0.15) is 5.26 Å². The van der Waals surface area contributed by atoms with Gasteiger partial charge in [-0.3, -0.25) is 4.79 Å². The first kappa shape index (κ1) is 17.1. The lowest BCUT2D eigenvalue weighted by molar-refractivity contribution is -0.112. The molecule has 1 N–H and O–H groups in total. The molecule has 0 bridgehead atoms. The zero-order valence-electron chi connectivity index (χ0n) is 14.1. The predicted octanol–water partition coefficient (Wildman–Crippen LogP) is 3.64. The molecule has 122 valence electrons. The van der Waals surface area contributed by atoms with E-state index in [1.54, 1.807) is 6.20 Å². The number of piperidine rings is 1. The summed E-state index contributed by atoms with van der Waals surface area (Å²) >= 11 is 0. The van der Waals surface area contributed by atoms with Crippen LogP contribution in [0.3, 0.4) is 0 Å². The lowest BCUT2D eigenvalue weighted by Crippen LogP contribution is -2.26. The lowest BCUT2D eigenvalue weighted by atomic mass is 10.0. The molecule has 0 spiro atoms. The molecule has 2 rings (SSSR count). The van der Waals surface area contributed by atoms with Gasteiger partial charge >= 0.3 is 0 Å². The van der Waals surface area contributed by atoms with Crippen LogP contribution in [0.1, 0.15) is 44.2 Å². The fourth-order valence-electron chi connectivity index (χ4n) is 2.95. The molecule has 0 aliphatic carbocycles. The maximum atomic E-state index is 12.5. The third-order valence-electron chi connectivity index (χ3n) is 4.30. The maximum Gasteiger partial charge on any atom is 0.267 e. The van der Waals surface area contributed by atoms with Crippen LogP contribution in [0.4, 0.5) is 5.69 Å². The number of aryl methyl sites for hydroxylation is 2. The summed E-state index contributed by atoms with van der Waals surface area (Å²) in [6, 6.07) is 8.11. The first-order valence-electron chi connectivity index (χ1n) is 8.47. The van der Waals surface area contributed by atoms with Crippen LogP contribution in [0.25, 0.3) is 0 Å². The molecule has 1 fully saturated rings. The summed E-state index contributed by atoms with van der Waals surface area (Å²) in [5.74, 6) is -0.311. The molecule has 1 amide bonds.